The van der Waals surface area contributed by atoms with Crippen LogP contribution in [-0.4, -0.2) is 35.0 Å². The molecule has 0 aliphatic rings. The van der Waals surface area contributed by atoms with E-state index in [2.05, 4.69) is 0 Å². The standard InChI is InChI=1S/C11H13NO3/c1-2-12(11(14)15)8-10(13)9-6-4-3-5-7-9/h3-7H,2,8H2,1H3,(H,14,15). The fourth-order valence-electron chi connectivity index (χ4n) is 1.20. The maximum Gasteiger partial charge on any atom is 0.407 e. The molecule has 0 atom stereocenters. The number of carboxylic acid groups (broad SMARTS) is 1. The second kappa shape index (κ2) is 5.14. The van der Waals surface area contributed by atoms with Gasteiger partial charge in [-0.05, 0) is 6.92 Å². The zero-order chi connectivity index (χ0) is 11.3. The number of carbonyl (C=O) groups is 2. The highest BCUT2D eigenvalue weighted by atomic mass is 16.4. The first-order valence-corrected chi connectivity index (χ1v) is 4.71. The number of amides is 1. The molecule has 0 heterocycles. The summed E-state index contributed by atoms with van der Waals surface area (Å²) in [4.78, 5) is 23.4. The highest BCUT2D eigenvalue weighted by Gasteiger charge is 2.14. The summed E-state index contributed by atoms with van der Waals surface area (Å²) in [5, 5.41) is 8.74. The molecule has 0 radical (unpaired) electrons. The SMILES string of the molecule is CCN(CC(=O)c1ccccc1)C(=O)O. The Balaban J connectivity index is 2.67. The molecule has 1 N–H and O–H groups in total. The third kappa shape index (κ3) is 3.09. The summed E-state index contributed by atoms with van der Waals surface area (Å²) in [6, 6.07) is 8.68. The molecule has 0 spiro atoms. The van der Waals surface area contributed by atoms with Crippen LogP contribution in [0.25, 0.3) is 0 Å². The Morgan fingerprint density at radius 2 is 1.87 bits per heavy atom. The number of hydrogen-bond acceptors (Lipinski definition) is 2. The maximum atomic E-state index is 11.6. The van der Waals surface area contributed by atoms with Crippen LogP contribution in [0.5, 0.6) is 0 Å². The average Bonchev–Trinajstić information content (AvgIpc) is 2.26. The first kappa shape index (κ1) is 11.2. The predicted octanol–water partition coefficient (Wildman–Crippen LogP) is 1.87. The lowest BCUT2D eigenvalue weighted by Gasteiger charge is -2.15. The largest absolute Gasteiger partial charge is 0.465 e. The molecule has 1 aromatic rings. The van der Waals surface area contributed by atoms with Gasteiger partial charge in [0.2, 0.25) is 0 Å². The van der Waals surface area contributed by atoms with Crippen molar-refractivity contribution >= 4 is 11.9 Å². The highest BCUT2D eigenvalue weighted by molar-refractivity contribution is 5.98. The van der Waals surface area contributed by atoms with Crippen molar-refractivity contribution in [2.24, 2.45) is 0 Å². The molecule has 0 unspecified atom stereocenters. The molecule has 1 aromatic carbocycles. The molecule has 1 amide bonds. The molecule has 4 nitrogen and oxygen atoms in total. The molecule has 0 aliphatic heterocycles. The number of likely N-dealkylation sites (N-methyl/N-ethyl adjacent to an activating group) is 1. The normalized spacial score (nSPS) is 9.67. The van der Waals surface area contributed by atoms with Gasteiger partial charge in [0.05, 0.1) is 6.54 Å². The van der Waals surface area contributed by atoms with Gasteiger partial charge in [-0.3, -0.25) is 4.79 Å². The Kier molecular flexibility index (Phi) is 3.85. The molecule has 0 fully saturated rings. The number of rotatable bonds is 4. The summed E-state index contributed by atoms with van der Waals surface area (Å²) in [7, 11) is 0. The number of Topliss-reactive ketones (excluding diaryl/α,β-unsaturated/α-hetero) is 1. The number of ketones is 1. The Hall–Kier alpha value is -1.84. The molecule has 15 heavy (non-hydrogen) atoms. The summed E-state index contributed by atoms with van der Waals surface area (Å²) < 4.78 is 0. The van der Waals surface area contributed by atoms with Gasteiger partial charge in [-0.15, -0.1) is 0 Å². The van der Waals surface area contributed by atoms with Gasteiger partial charge in [0.15, 0.2) is 5.78 Å². The fraction of sp³-hybridized carbons (Fsp3) is 0.273. The lowest BCUT2D eigenvalue weighted by atomic mass is 10.1. The molecule has 1 rings (SSSR count). The van der Waals surface area contributed by atoms with Crippen LogP contribution in [0.4, 0.5) is 4.79 Å². The van der Waals surface area contributed by atoms with Crippen LogP contribution >= 0.6 is 0 Å². The first-order chi connectivity index (χ1) is 7.15. The van der Waals surface area contributed by atoms with Gasteiger partial charge in [0.25, 0.3) is 0 Å². The lowest BCUT2D eigenvalue weighted by molar-refractivity contribution is 0.0913. The van der Waals surface area contributed by atoms with Crippen LogP contribution in [-0.2, 0) is 0 Å². The van der Waals surface area contributed by atoms with E-state index in [0.29, 0.717) is 12.1 Å². The van der Waals surface area contributed by atoms with Crippen LogP contribution in [0, 0.1) is 0 Å². The number of carbonyl (C=O) groups excluding carboxylic acids is 1. The van der Waals surface area contributed by atoms with Gasteiger partial charge < -0.3 is 10.0 Å². The summed E-state index contributed by atoms with van der Waals surface area (Å²) >= 11 is 0. The second-order valence-electron chi connectivity index (χ2n) is 3.09. The molecule has 0 aromatic heterocycles. The van der Waals surface area contributed by atoms with Crippen LogP contribution in [0.3, 0.4) is 0 Å². The third-order valence-corrected chi connectivity index (χ3v) is 2.08. The molecular formula is C11H13NO3. The van der Waals surface area contributed by atoms with Crippen LogP contribution in [0.15, 0.2) is 30.3 Å². The molecule has 4 heteroatoms. The van der Waals surface area contributed by atoms with Crippen molar-refractivity contribution in [2.45, 2.75) is 6.92 Å². The summed E-state index contributed by atoms with van der Waals surface area (Å²) in [6.45, 7) is 1.93. The van der Waals surface area contributed by atoms with Gasteiger partial charge in [0.1, 0.15) is 0 Å². The number of benzene rings is 1. The van der Waals surface area contributed by atoms with Crippen molar-refractivity contribution in [1.82, 2.24) is 4.90 Å². The van der Waals surface area contributed by atoms with Crippen molar-refractivity contribution in [3.05, 3.63) is 35.9 Å². The van der Waals surface area contributed by atoms with E-state index >= 15 is 0 Å². The quantitative estimate of drug-likeness (QED) is 0.767. The fourth-order valence-corrected chi connectivity index (χ4v) is 1.20. The van der Waals surface area contributed by atoms with Gasteiger partial charge >= 0.3 is 6.09 Å². The molecule has 0 saturated carbocycles. The predicted molar refractivity (Wildman–Crippen MR) is 56.0 cm³/mol. The summed E-state index contributed by atoms with van der Waals surface area (Å²) in [5.74, 6) is -0.181. The molecule has 0 aliphatic carbocycles. The zero-order valence-electron chi connectivity index (χ0n) is 8.51. The van der Waals surface area contributed by atoms with E-state index in [4.69, 9.17) is 5.11 Å². The summed E-state index contributed by atoms with van der Waals surface area (Å²) in [5.41, 5.74) is 0.539. The summed E-state index contributed by atoms with van der Waals surface area (Å²) in [6.07, 6.45) is -1.07. The third-order valence-electron chi connectivity index (χ3n) is 2.08. The number of nitrogens with zero attached hydrogens (tertiary/aromatic N) is 1. The Morgan fingerprint density at radius 1 is 1.27 bits per heavy atom. The Bertz CT molecular complexity index is 348. The van der Waals surface area contributed by atoms with E-state index in [-0.39, 0.29) is 12.3 Å². The molecule has 0 saturated heterocycles. The minimum Gasteiger partial charge on any atom is -0.465 e. The molecule has 0 bridgehead atoms. The van der Waals surface area contributed by atoms with E-state index in [1.165, 1.54) is 0 Å². The highest BCUT2D eigenvalue weighted by Crippen LogP contribution is 2.02. The first-order valence-electron chi connectivity index (χ1n) is 4.71. The van der Waals surface area contributed by atoms with E-state index < -0.39 is 6.09 Å². The van der Waals surface area contributed by atoms with Crippen LogP contribution in [0.2, 0.25) is 0 Å². The number of hydrogen-bond donors (Lipinski definition) is 1. The van der Waals surface area contributed by atoms with Crippen molar-refractivity contribution in [3.63, 3.8) is 0 Å². The van der Waals surface area contributed by atoms with E-state index in [0.717, 1.165) is 4.90 Å². The zero-order valence-corrected chi connectivity index (χ0v) is 8.51. The van der Waals surface area contributed by atoms with Crippen LogP contribution in [0.1, 0.15) is 17.3 Å². The van der Waals surface area contributed by atoms with Gasteiger partial charge in [0, 0.05) is 12.1 Å². The van der Waals surface area contributed by atoms with Crippen molar-refractivity contribution in [1.29, 1.82) is 0 Å². The van der Waals surface area contributed by atoms with Gasteiger partial charge in [-0.2, -0.15) is 0 Å². The molecular weight excluding hydrogens is 194 g/mol. The smallest absolute Gasteiger partial charge is 0.407 e. The van der Waals surface area contributed by atoms with Crippen molar-refractivity contribution < 1.29 is 14.7 Å². The van der Waals surface area contributed by atoms with E-state index in [9.17, 15) is 9.59 Å². The lowest BCUT2D eigenvalue weighted by Crippen LogP contribution is -2.34. The monoisotopic (exact) mass is 207 g/mol. The van der Waals surface area contributed by atoms with Crippen molar-refractivity contribution in [2.75, 3.05) is 13.1 Å². The Morgan fingerprint density at radius 3 is 2.33 bits per heavy atom. The van der Waals surface area contributed by atoms with Crippen molar-refractivity contribution in [3.8, 4) is 0 Å². The minimum absolute atomic E-state index is 0.0875. The topological polar surface area (TPSA) is 57.6 Å². The van der Waals surface area contributed by atoms with E-state index in [1.807, 2.05) is 6.07 Å². The van der Waals surface area contributed by atoms with Gasteiger partial charge in [-0.25, -0.2) is 4.79 Å². The second-order valence-corrected chi connectivity index (χ2v) is 3.09. The average molecular weight is 207 g/mol. The van der Waals surface area contributed by atoms with Gasteiger partial charge in [-0.1, -0.05) is 30.3 Å². The minimum atomic E-state index is -1.07. The maximum absolute atomic E-state index is 11.6. The van der Waals surface area contributed by atoms with E-state index in [1.54, 1.807) is 31.2 Å². The molecule has 80 valence electrons. The Labute approximate surface area is 88.1 Å². The van der Waals surface area contributed by atoms with Crippen LogP contribution < -0.4 is 0 Å².